The first-order chi connectivity index (χ1) is 13.9. The Bertz CT molecular complexity index is 896. The molecule has 0 aliphatic heterocycles. The Morgan fingerprint density at radius 1 is 1.17 bits per heavy atom. The molecule has 0 aliphatic rings. The molecule has 29 heavy (non-hydrogen) atoms. The molecule has 0 heterocycles. The number of carboxylic acid groups (broad SMARTS) is 2. The first-order valence-corrected chi connectivity index (χ1v) is 8.68. The van der Waals surface area contributed by atoms with Gasteiger partial charge in [0.15, 0.2) is 6.04 Å². The van der Waals surface area contributed by atoms with Crippen LogP contribution in [0.3, 0.4) is 0 Å². The van der Waals surface area contributed by atoms with Gasteiger partial charge in [0.2, 0.25) is 0 Å². The zero-order chi connectivity index (χ0) is 21.4. The lowest BCUT2D eigenvalue weighted by molar-refractivity contribution is -0.138. The average molecular weight is 401 g/mol. The minimum atomic E-state index is -1.16. The molecular formula is C20H23N3O6. The molecule has 5 N–H and O–H groups in total. The summed E-state index contributed by atoms with van der Waals surface area (Å²) in [6.45, 7) is 0. The highest BCUT2D eigenvalue weighted by molar-refractivity contribution is 5.82. The van der Waals surface area contributed by atoms with Gasteiger partial charge in [-0.15, -0.1) is 0 Å². The van der Waals surface area contributed by atoms with Crippen LogP contribution in [0.1, 0.15) is 29.2 Å². The van der Waals surface area contributed by atoms with E-state index in [1.807, 2.05) is 0 Å². The van der Waals surface area contributed by atoms with E-state index in [9.17, 15) is 14.7 Å². The zero-order valence-corrected chi connectivity index (χ0v) is 16.1. The van der Waals surface area contributed by atoms with Crippen LogP contribution in [0.25, 0.3) is 0 Å². The Balaban J connectivity index is 2.49. The summed E-state index contributed by atoms with van der Waals surface area (Å²) in [5.41, 5.74) is 2.16. The number of nitrogens with two attached hydrogens (primary N) is 1. The molecular weight excluding hydrogens is 378 g/mol. The lowest BCUT2D eigenvalue weighted by Crippen LogP contribution is -2.22. The molecule has 0 radical (unpaired) electrons. The number of rotatable bonds is 10. The van der Waals surface area contributed by atoms with Gasteiger partial charge in [-0.25, -0.2) is 4.79 Å². The number of carboxylic acids is 2. The molecule has 0 saturated heterocycles. The molecule has 0 aliphatic carbocycles. The fourth-order valence-electron chi connectivity index (χ4n) is 2.89. The van der Waals surface area contributed by atoms with E-state index in [0.717, 1.165) is 5.56 Å². The molecule has 0 saturated carbocycles. The van der Waals surface area contributed by atoms with Gasteiger partial charge < -0.3 is 30.8 Å². The van der Waals surface area contributed by atoms with Crippen molar-refractivity contribution in [3.63, 3.8) is 0 Å². The predicted molar refractivity (Wildman–Crippen MR) is 108 cm³/mol. The van der Waals surface area contributed by atoms with Crippen molar-refractivity contribution in [1.82, 2.24) is 0 Å². The predicted octanol–water partition coefficient (Wildman–Crippen LogP) is 2.25. The van der Waals surface area contributed by atoms with Gasteiger partial charge in [0, 0.05) is 23.7 Å². The van der Waals surface area contributed by atoms with E-state index < -0.39 is 18.0 Å². The standard InChI is InChI=1S/C20H23N3O6/c1-28-14-9-16(15(7-8-18(24)25)17(10-14)29-2)19(20(26)27)23-13-5-3-12(4-6-13)11-22-21/h3-6,9-11,19,23H,7-8,21H2,1-2H3,(H,24,25)(H,26,27). The molecule has 2 aromatic carbocycles. The summed E-state index contributed by atoms with van der Waals surface area (Å²) in [7, 11) is 2.89. The van der Waals surface area contributed by atoms with Gasteiger partial charge in [0.1, 0.15) is 11.5 Å². The van der Waals surface area contributed by atoms with Gasteiger partial charge in [-0.3, -0.25) is 4.79 Å². The second kappa shape index (κ2) is 9.98. The lowest BCUT2D eigenvalue weighted by Gasteiger charge is -2.22. The molecule has 9 nitrogen and oxygen atoms in total. The van der Waals surface area contributed by atoms with Crippen LogP contribution in [0.4, 0.5) is 5.69 Å². The van der Waals surface area contributed by atoms with E-state index in [2.05, 4.69) is 10.4 Å². The monoisotopic (exact) mass is 401 g/mol. The highest BCUT2D eigenvalue weighted by Crippen LogP contribution is 2.35. The Morgan fingerprint density at radius 3 is 2.38 bits per heavy atom. The summed E-state index contributed by atoms with van der Waals surface area (Å²) >= 11 is 0. The third kappa shape index (κ3) is 5.61. The first kappa shape index (κ1) is 21.5. The van der Waals surface area contributed by atoms with Crippen LogP contribution in [0.15, 0.2) is 41.5 Å². The molecule has 0 spiro atoms. The average Bonchev–Trinajstić information content (AvgIpc) is 2.71. The molecule has 9 heteroatoms. The molecule has 2 rings (SSSR count). The van der Waals surface area contributed by atoms with Crippen LogP contribution in [0, 0.1) is 0 Å². The number of hydrogen-bond donors (Lipinski definition) is 4. The second-order valence-electron chi connectivity index (χ2n) is 6.11. The summed E-state index contributed by atoms with van der Waals surface area (Å²) < 4.78 is 10.6. The SMILES string of the molecule is COc1cc(OC)c(CCC(=O)O)c(C(Nc2ccc(C=NN)cc2)C(=O)O)c1. The summed E-state index contributed by atoms with van der Waals surface area (Å²) in [6.07, 6.45) is 1.40. The first-order valence-electron chi connectivity index (χ1n) is 8.68. The molecule has 154 valence electrons. The Kier molecular flexibility index (Phi) is 7.41. The van der Waals surface area contributed by atoms with Gasteiger partial charge >= 0.3 is 11.9 Å². The Labute approximate surface area is 167 Å². The number of anilines is 1. The molecule has 2 aromatic rings. The minimum Gasteiger partial charge on any atom is -0.497 e. The highest BCUT2D eigenvalue weighted by atomic mass is 16.5. The van der Waals surface area contributed by atoms with Crippen LogP contribution in [-0.4, -0.2) is 42.6 Å². The van der Waals surface area contributed by atoms with Crippen molar-refractivity contribution in [3.8, 4) is 11.5 Å². The number of benzene rings is 2. The topological polar surface area (TPSA) is 143 Å². The fraction of sp³-hybridized carbons (Fsp3) is 0.250. The van der Waals surface area contributed by atoms with Gasteiger partial charge in [0.25, 0.3) is 0 Å². The number of carbonyl (C=O) groups is 2. The van der Waals surface area contributed by atoms with Crippen LogP contribution in [0.2, 0.25) is 0 Å². The van der Waals surface area contributed by atoms with E-state index in [1.54, 1.807) is 36.4 Å². The molecule has 0 fully saturated rings. The zero-order valence-electron chi connectivity index (χ0n) is 16.1. The van der Waals surface area contributed by atoms with Crippen molar-refractivity contribution in [2.75, 3.05) is 19.5 Å². The van der Waals surface area contributed by atoms with Crippen molar-refractivity contribution in [2.24, 2.45) is 10.9 Å². The van der Waals surface area contributed by atoms with Crippen LogP contribution in [-0.2, 0) is 16.0 Å². The number of nitrogens with zero attached hydrogens (tertiary/aromatic N) is 1. The van der Waals surface area contributed by atoms with E-state index in [4.69, 9.17) is 20.4 Å². The fourth-order valence-corrected chi connectivity index (χ4v) is 2.89. The number of nitrogens with one attached hydrogen (secondary N) is 1. The minimum absolute atomic E-state index is 0.106. The molecule has 0 amide bonds. The van der Waals surface area contributed by atoms with Gasteiger partial charge in [-0.05, 0) is 35.7 Å². The number of ether oxygens (including phenoxy) is 2. The quantitative estimate of drug-likeness (QED) is 0.270. The van der Waals surface area contributed by atoms with Gasteiger partial charge in [0.05, 0.1) is 20.4 Å². The van der Waals surface area contributed by atoms with Gasteiger partial charge in [-0.2, -0.15) is 5.10 Å². The van der Waals surface area contributed by atoms with Crippen LogP contribution >= 0.6 is 0 Å². The molecule has 1 atom stereocenters. The van der Waals surface area contributed by atoms with Crippen molar-refractivity contribution < 1.29 is 29.3 Å². The van der Waals surface area contributed by atoms with Crippen molar-refractivity contribution in [1.29, 1.82) is 0 Å². The van der Waals surface area contributed by atoms with E-state index >= 15 is 0 Å². The van der Waals surface area contributed by atoms with E-state index in [0.29, 0.717) is 28.3 Å². The van der Waals surface area contributed by atoms with Crippen molar-refractivity contribution in [2.45, 2.75) is 18.9 Å². The van der Waals surface area contributed by atoms with E-state index in [1.165, 1.54) is 20.4 Å². The van der Waals surface area contributed by atoms with Crippen LogP contribution < -0.4 is 20.6 Å². The van der Waals surface area contributed by atoms with E-state index in [-0.39, 0.29) is 12.8 Å². The maximum atomic E-state index is 12.1. The van der Waals surface area contributed by atoms with Gasteiger partial charge in [-0.1, -0.05) is 12.1 Å². The highest BCUT2D eigenvalue weighted by Gasteiger charge is 2.26. The summed E-state index contributed by atoms with van der Waals surface area (Å²) in [5.74, 6) is 3.76. The maximum Gasteiger partial charge on any atom is 0.330 e. The summed E-state index contributed by atoms with van der Waals surface area (Å²) in [5, 5.41) is 25.3. The Morgan fingerprint density at radius 2 is 1.86 bits per heavy atom. The summed E-state index contributed by atoms with van der Waals surface area (Å²) in [6, 6.07) is 8.87. The number of methoxy groups -OCH3 is 2. The third-order valence-electron chi connectivity index (χ3n) is 4.26. The van der Waals surface area contributed by atoms with Crippen LogP contribution in [0.5, 0.6) is 11.5 Å². The van der Waals surface area contributed by atoms with Crippen molar-refractivity contribution >= 4 is 23.8 Å². The third-order valence-corrected chi connectivity index (χ3v) is 4.26. The maximum absolute atomic E-state index is 12.1. The second-order valence-corrected chi connectivity index (χ2v) is 6.11. The summed E-state index contributed by atoms with van der Waals surface area (Å²) in [4.78, 5) is 23.1. The number of aliphatic carboxylic acids is 2. The molecule has 1 unspecified atom stereocenters. The number of hydrazone groups is 1. The Hall–Kier alpha value is -3.75. The molecule has 0 aromatic heterocycles. The largest absolute Gasteiger partial charge is 0.497 e. The normalized spacial score (nSPS) is 11.8. The smallest absolute Gasteiger partial charge is 0.330 e. The molecule has 0 bridgehead atoms. The van der Waals surface area contributed by atoms with Crippen molar-refractivity contribution in [3.05, 3.63) is 53.1 Å². The lowest BCUT2D eigenvalue weighted by atomic mass is 9.95. The number of hydrogen-bond acceptors (Lipinski definition) is 7.